The number of hydrogen-bond acceptors (Lipinski definition) is 4. The third kappa shape index (κ3) is 1.27. The molecule has 2 N–H and O–H groups in total. The Kier molecular flexibility index (Phi) is 1.53. The molecule has 1 aliphatic heterocycles. The Labute approximate surface area is 66.5 Å². The molecule has 0 aliphatic carbocycles. The third-order valence-corrected chi connectivity index (χ3v) is 1.80. The SMILES string of the molecule is FC1(F)CN[C@H](c2nnn[nH]2)C1. The molecule has 1 aromatic heterocycles. The number of hydrogen-bond donors (Lipinski definition) is 2. The van der Waals surface area contributed by atoms with E-state index in [2.05, 4.69) is 25.9 Å². The van der Waals surface area contributed by atoms with Gasteiger partial charge in [0.1, 0.15) is 0 Å². The topological polar surface area (TPSA) is 66.5 Å². The quantitative estimate of drug-likeness (QED) is 0.624. The molecule has 0 saturated carbocycles. The zero-order valence-corrected chi connectivity index (χ0v) is 6.09. The van der Waals surface area contributed by atoms with Gasteiger partial charge in [-0.05, 0) is 10.4 Å². The van der Waals surface area contributed by atoms with Crippen LogP contribution in [0.1, 0.15) is 18.3 Å². The van der Waals surface area contributed by atoms with Crippen molar-refractivity contribution in [3.63, 3.8) is 0 Å². The van der Waals surface area contributed by atoms with Crippen molar-refractivity contribution in [3.05, 3.63) is 5.82 Å². The van der Waals surface area contributed by atoms with E-state index in [1.807, 2.05) is 0 Å². The summed E-state index contributed by atoms with van der Waals surface area (Å²) < 4.78 is 25.3. The van der Waals surface area contributed by atoms with Gasteiger partial charge in [0.15, 0.2) is 5.82 Å². The van der Waals surface area contributed by atoms with Gasteiger partial charge in [0, 0.05) is 6.42 Å². The predicted molar refractivity (Wildman–Crippen MR) is 34.5 cm³/mol. The van der Waals surface area contributed by atoms with Gasteiger partial charge in [-0.2, -0.15) is 0 Å². The van der Waals surface area contributed by atoms with Gasteiger partial charge in [-0.1, -0.05) is 0 Å². The van der Waals surface area contributed by atoms with Gasteiger partial charge in [-0.3, -0.25) is 0 Å². The van der Waals surface area contributed by atoms with Gasteiger partial charge >= 0.3 is 0 Å². The van der Waals surface area contributed by atoms with E-state index in [0.717, 1.165) is 0 Å². The molecular formula is C5H7F2N5. The Morgan fingerprint density at radius 2 is 2.33 bits per heavy atom. The van der Waals surface area contributed by atoms with Gasteiger partial charge in [0.25, 0.3) is 5.92 Å². The molecule has 66 valence electrons. The fraction of sp³-hybridized carbons (Fsp3) is 0.800. The molecule has 5 nitrogen and oxygen atoms in total. The predicted octanol–water partition coefficient (Wildman–Crippen LogP) is -0.131. The van der Waals surface area contributed by atoms with Gasteiger partial charge in [-0.15, -0.1) is 5.10 Å². The second-order valence-corrected chi connectivity index (χ2v) is 2.78. The van der Waals surface area contributed by atoms with Crippen molar-refractivity contribution in [1.82, 2.24) is 25.9 Å². The number of tetrazole rings is 1. The highest BCUT2D eigenvalue weighted by atomic mass is 19.3. The van der Waals surface area contributed by atoms with E-state index in [9.17, 15) is 8.78 Å². The lowest BCUT2D eigenvalue weighted by atomic mass is 10.2. The zero-order valence-electron chi connectivity index (χ0n) is 6.09. The van der Waals surface area contributed by atoms with E-state index in [1.54, 1.807) is 0 Å². The van der Waals surface area contributed by atoms with E-state index < -0.39 is 12.0 Å². The van der Waals surface area contributed by atoms with Crippen LogP contribution in [0.3, 0.4) is 0 Å². The van der Waals surface area contributed by atoms with Gasteiger partial charge < -0.3 is 5.32 Å². The van der Waals surface area contributed by atoms with Crippen LogP contribution >= 0.6 is 0 Å². The smallest absolute Gasteiger partial charge is 0.262 e. The second kappa shape index (κ2) is 2.44. The Balaban J connectivity index is 2.10. The molecule has 0 radical (unpaired) electrons. The van der Waals surface area contributed by atoms with E-state index in [4.69, 9.17) is 0 Å². The van der Waals surface area contributed by atoms with Gasteiger partial charge in [-0.25, -0.2) is 13.9 Å². The van der Waals surface area contributed by atoms with Crippen LogP contribution in [0.2, 0.25) is 0 Å². The number of alkyl halides is 2. The molecule has 1 aromatic rings. The van der Waals surface area contributed by atoms with Crippen molar-refractivity contribution in [1.29, 1.82) is 0 Å². The molecule has 7 heteroatoms. The maximum atomic E-state index is 12.6. The monoisotopic (exact) mass is 175 g/mol. The average molecular weight is 175 g/mol. The second-order valence-electron chi connectivity index (χ2n) is 2.78. The fourth-order valence-electron chi connectivity index (χ4n) is 1.22. The highest BCUT2D eigenvalue weighted by molar-refractivity contribution is 4.98. The van der Waals surface area contributed by atoms with Crippen LogP contribution in [0, 0.1) is 0 Å². The molecule has 0 bridgehead atoms. The van der Waals surface area contributed by atoms with E-state index in [-0.39, 0.29) is 13.0 Å². The molecule has 0 aromatic carbocycles. The molecule has 2 rings (SSSR count). The van der Waals surface area contributed by atoms with Crippen molar-refractivity contribution in [2.45, 2.75) is 18.4 Å². The average Bonchev–Trinajstić information content (AvgIpc) is 2.55. The lowest BCUT2D eigenvalue weighted by Gasteiger charge is -2.04. The number of nitrogens with zero attached hydrogens (tertiary/aromatic N) is 3. The van der Waals surface area contributed by atoms with Crippen molar-refractivity contribution in [2.24, 2.45) is 0 Å². The van der Waals surface area contributed by atoms with Crippen LogP contribution in [-0.4, -0.2) is 33.1 Å². The van der Waals surface area contributed by atoms with Crippen molar-refractivity contribution < 1.29 is 8.78 Å². The Morgan fingerprint density at radius 3 is 2.83 bits per heavy atom. The maximum absolute atomic E-state index is 12.6. The number of aromatic nitrogens is 4. The summed E-state index contributed by atoms with van der Waals surface area (Å²) in [5.74, 6) is -2.27. The Morgan fingerprint density at radius 1 is 1.50 bits per heavy atom. The summed E-state index contributed by atoms with van der Waals surface area (Å²) in [5, 5.41) is 15.2. The summed E-state index contributed by atoms with van der Waals surface area (Å²) in [4.78, 5) is 0. The summed E-state index contributed by atoms with van der Waals surface area (Å²) in [5.41, 5.74) is 0. The molecule has 1 atom stereocenters. The maximum Gasteiger partial charge on any atom is 0.262 e. The lowest BCUT2D eigenvalue weighted by Crippen LogP contribution is -2.19. The summed E-state index contributed by atoms with van der Waals surface area (Å²) in [6.07, 6.45) is -0.246. The number of rotatable bonds is 1. The molecule has 2 heterocycles. The van der Waals surface area contributed by atoms with Crippen LogP contribution in [0.5, 0.6) is 0 Å². The first-order chi connectivity index (χ1) is 5.67. The number of nitrogens with one attached hydrogen (secondary N) is 2. The minimum atomic E-state index is -2.64. The molecule has 1 aliphatic rings. The Bertz CT molecular complexity index is 259. The van der Waals surface area contributed by atoms with Crippen molar-refractivity contribution >= 4 is 0 Å². The molecule has 0 spiro atoms. The summed E-state index contributed by atoms with van der Waals surface area (Å²) in [7, 11) is 0. The van der Waals surface area contributed by atoms with Crippen LogP contribution in [0.25, 0.3) is 0 Å². The molecule has 1 fully saturated rings. The van der Waals surface area contributed by atoms with E-state index in [1.165, 1.54) is 0 Å². The van der Waals surface area contributed by atoms with E-state index >= 15 is 0 Å². The molecule has 0 amide bonds. The first kappa shape index (κ1) is 7.53. The van der Waals surface area contributed by atoms with Gasteiger partial charge in [0.2, 0.25) is 0 Å². The number of aromatic amines is 1. The number of H-pyrrole nitrogens is 1. The minimum Gasteiger partial charge on any atom is -0.301 e. The van der Waals surface area contributed by atoms with Gasteiger partial charge in [0.05, 0.1) is 12.6 Å². The largest absolute Gasteiger partial charge is 0.301 e. The molecular weight excluding hydrogens is 168 g/mol. The van der Waals surface area contributed by atoms with Crippen molar-refractivity contribution in [3.8, 4) is 0 Å². The van der Waals surface area contributed by atoms with Crippen LogP contribution in [0.4, 0.5) is 8.78 Å². The molecule has 0 unspecified atom stereocenters. The fourth-order valence-corrected chi connectivity index (χ4v) is 1.22. The summed E-state index contributed by atoms with van der Waals surface area (Å²) >= 11 is 0. The first-order valence-corrected chi connectivity index (χ1v) is 3.52. The first-order valence-electron chi connectivity index (χ1n) is 3.52. The Hall–Kier alpha value is -1.11. The standard InChI is InChI=1S/C5H7F2N5/c6-5(7)1-3(8-2-5)4-9-11-12-10-4/h3,8H,1-2H2,(H,9,10,11,12)/t3-/m0/s1. The molecule has 1 saturated heterocycles. The molecule has 12 heavy (non-hydrogen) atoms. The van der Waals surface area contributed by atoms with E-state index in [0.29, 0.717) is 5.82 Å². The summed E-state index contributed by atoms with van der Waals surface area (Å²) in [6, 6.07) is -0.449. The lowest BCUT2D eigenvalue weighted by molar-refractivity contribution is 0.0208. The van der Waals surface area contributed by atoms with Crippen LogP contribution < -0.4 is 5.32 Å². The zero-order chi connectivity index (χ0) is 8.60. The van der Waals surface area contributed by atoms with Crippen LogP contribution in [-0.2, 0) is 0 Å². The third-order valence-electron chi connectivity index (χ3n) is 1.80. The minimum absolute atomic E-state index is 0.246. The normalized spacial score (nSPS) is 27.7. The highest BCUT2D eigenvalue weighted by Crippen LogP contribution is 2.31. The van der Waals surface area contributed by atoms with Crippen molar-refractivity contribution in [2.75, 3.05) is 6.54 Å². The van der Waals surface area contributed by atoms with Crippen LogP contribution in [0.15, 0.2) is 0 Å². The number of halogens is 2. The highest BCUT2D eigenvalue weighted by Gasteiger charge is 2.41. The summed E-state index contributed by atoms with van der Waals surface area (Å²) in [6.45, 7) is -0.307.